The number of aromatic nitrogens is 2. The monoisotopic (exact) mass is 287 g/mol. The summed E-state index contributed by atoms with van der Waals surface area (Å²) in [5.41, 5.74) is 2.65. The summed E-state index contributed by atoms with van der Waals surface area (Å²) in [4.78, 5) is 14.8. The highest BCUT2D eigenvalue weighted by Gasteiger charge is 2.31. The lowest BCUT2D eigenvalue weighted by Crippen LogP contribution is -2.38. The zero-order chi connectivity index (χ0) is 15.0. The third-order valence-corrected chi connectivity index (χ3v) is 4.37. The molecule has 5 nitrogen and oxygen atoms in total. The van der Waals surface area contributed by atoms with Crippen LogP contribution in [0, 0.1) is 13.8 Å². The van der Waals surface area contributed by atoms with Crippen molar-refractivity contribution in [3.05, 3.63) is 41.0 Å². The van der Waals surface area contributed by atoms with E-state index in [0.29, 0.717) is 0 Å². The van der Waals surface area contributed by atoms with Crippen molar-refractivity contribution in [1.29, 1.82) is 0 Å². The van der Waals surface area contributed by atoms with Crippen molar-refractivity contribution in [3.8, 4) is 0 Å². The smallest absolute Gasteiger partial charge is 0.256 e. The zero-order valence-electron chi connectivity index (χ0n) is 12.8. The maximum atomic E-state index is 12.9. The number of likely N-dealkylation sites (tertiary alicyclic amines) is 1. The van der Waals surface area contributed by atoms with Gasteiger partial charge in [0.25, 0.3) is 5.91 Å². The first-order chi connectivity index (χ1) is 10.1. The average molecular weight is 287 g/mol. The summed E-state index contributed by atoms with van der Waals surface area (Å²) in [6.07, 6.45) is 5.05. The Bertz CT molecular complexity index is 656. The van der Waals surface area contributed by atoms with E-state index in [1.807, 2.05) is 48.7 Å². The van der Waals surface area contributed by atoms with E-state index in [1.54, 1.807) is 0 Å². The van der Waals surface area contributed by atoms with Crippen LogP contribution in [0.2, 0.25) is 0 Å². The molecule has 1 amide bonds. The topological polar surface area (TPSA) is 51.3 Å². The van der Waals surface area contributed by atoms with Crippen LogP contribution in [0.4, 0.5) is 0 Å². The van der Waals surface area contributed by atoms with Crippen molar-refractivity contribution < 1.29 is 9.32 Å². The number of aryl methyl sites for hydroxylation is 2. The molecule has 0 bridgehead atoms. The van der Waals surface area contributed by atoms with Crippen LogP contribution in [0.3, 0.4) is 0 Å². The number of amides is 1. The third kappa shape index (κ3) is 2.48. The minimum Gasteiger partial charge on any atom is -0.361 e. The lowest BCUT2D eigenvalue weighted by molar-refractivity contribution is 0.0601. The van der Waals surface area contributed by atoms with Gasteiger partial charge in [-0.15, -0.1) is 0 Å². The fraction of sp³-hybridized carbons (Fsp3) is 0.500. The molecule has 0 N–H and O–H groups in total. The predicted molar refractivity (Wildman–Crippen MR) is 79.0 cm³/mol. The van der Waals surface area contributed by atoms with E-state index in [2.05, 4.69) is 5.16 Å². The number of hydrogen-bond acceptors (Lipinski definition) is 3. The summed E-state index contributed by atoms with van der Waals surface area (Å²) >= 11 is 0. The SMILES string of the molecule is Cc1cc(C2CCCCN2C(=O)c2ccn(C)c2C)no1. The average Bonchev–Trinajstić information content (AvgIpc) is 3.06. The zero-order valence-corrected chi connectivity index (χ0v) is 12.8. The second kappa shape index (κ2) is 5.39. The Balaban J connectivity index is 1.91. The first-order valence-electron chi connectivity index (χ1n) is 7.44. The standard InChI is InChI=1S/C16H21N3O2/c1-11-10-14(17-21-11)15-6-4-5-8-19(15)16(20)13-7-9-18(3)12(13)2/h7,9-10,15H,4-6,8H2,1-3H3. The van der Waals surface area contributed by atoms with Crippen molar-refractivity contribution in [3.63, 3.8) is 0 Å². The second-order valence-electron chi connectivity index (χ2n) is 5.80. The molecule has 0 saturated carbocycles. The summed E-state index contributed by atoms with van der Waals surface area (Å²) < 4.78 is 7.17. The predicted octanol–water partition coefficient (Wildman–Crippen LogP) is 3.00. The molecule has 1 unspecified atom stereocenters. The molecule has 0 aliphatic carbocycles. The molecule has 21 heavy (non-hydrogen) atoms. The van der Waals surface area contributed by atoms with E-state index < -0.39 is 0 Å². The maximum absolute atomic E-state index is 12.9. The van der Waals surface area contributed by atoms with Gasteiger partial charge in [0.1, 0.15) is 11.5 Å². The molecule has 5 heteroatoms. The van der Waals surface area contributed by atoms with Crippen LogP contribution in [0.25, 0.3) is 0 Å². The van der Waals surface area contributed by atoms with Crippen LogP contribution in [-0.4, -0.2) is 27.1 Å². The molecule has 1 aliphatic rings. The van der Waals surface area contributed by atoms with Crippen molar-refractivity contribution in [2.75, 3.05) is 6.54 Å². The maximum Gasteiger partial charge on any atom is 0.256 e. The first-order valence-corrected chi connectivity index (χ1v) is 7.44. The first kappa shape index (κ1) is 13.9. The molecule has 2 aromatic rings. The Morgan fingerprint density at radius 3 is 2.81 bits per heavy atom. The van der Waals surface area contributed by atoms with Gasteiger partial charge in [-0.25, -0.2) is 0 Å². The van der Waals surface area contributed by atoms with E-state index in [4.69, 9.17) is 4.52 Å². The van der Waals surface area contributed by atoms with Crippen molar-refractivity contribution in [2.24, 2.45) is 7.05 Å². The van der Waals surface area contributed by atoms with Crippen LogP contribution >= 0.6 is 0 Å². The van der Waals surface area contributed by atoms with Gasteiger partial charge in [-0.3, -0.25) is 4.79 Å². The molecule has 1 fully saturated rings. The Morgan fingerprint density at radius 1 is 1.38 bits per heavy atom. The van der Waals surface area contributed by atoms with Crippen molar-refractivity contribution in [1.82, 2.24) is 14.6 Å². The van der Waals surface area contributed by atoms with Crippen LogP contribution in [0.1, 0.15) is 52.8 Å². The number of rotatable bonds is 2. The Hall–Kier alpha value is -2.04. The van der Waals surface area contributed by atoms with E-state index >= 15 is 0 Å². The van der Waals surface area contributed by atoms with Gasteiger partial charge in [0.05, 0.1) is 11.6 Å². The van der Waals surface area contributed by atoms with Crippen molar-refractivity contribution in [2.45, 2.75) is 39.2 Å². The van der Waals surface area contributed by atoms with E-state index in [1.165, 1.54) is 0 Å². The molecule has 1 atom stereocenters. The summed E-state index contributed by atoms with van der Waals surface area (Å²) in [7, 11) is 1.96. The van der Waals surface area contributed by atoms with E-state index in [9.17, 15) is 4.79 Å². The number of carbonyl (C=O) groups is 1. The molecule has 0 spiro atoms. The largest absolute Gasteiger partial charge is 0.361 e. The number of hydrogen-bond donors (Lipinski definition) is 0. The molecule has 112 valence electrons. The lowest BCUT2D eigenvalue weighted by Gasteiger charge is -2.34. The quantitative estimate of drug-likeness (QED) is 0.853. The highest BCUT2D eigenvalue weighted by atomic mass is 16.5. The summed E-state index contributed by atoms with van der Waals surface area (Å²) in [6.45, 7) is 4.64. The highest BCUT2D eigenvalue weighted by molar-refractivity contribution is 5.95. The Labute approximate surface area is 124 Å². The normalized spacial score (nSPS) is 19.0. The van der Waals surface area contributed by atoms with Gasteiger partial charge < -0.3 is 14.0 Å². The minimum absolute atomic E-state index is 0.0308. The van der Waals surface area contributed by atoms with Crippen molar-refractivity contribution >= 4 is 5.91 Å². The number of carbonyl (C=O) groups excluding carboxylic acids is 1. The summed E-state index contributed by atoms with van der Waals surface area (Å²) in [5, 5.41) is 4.12. The Morgan fingerprint density at radius 2 is 2.19 bits per heavy atom. The molecule has 1 saturated heterocycles. The fourth-order valence-corrected chi connectivity index (χ4v) is 3.01. The number of piperidine rings is 1. The van der Waals surface area contributed by atoms with Gasteiger partial charge in [0.15, 0.2) is 0 Å². The van der Waals surface area contributed by atoms with E-state index in [-0.39, 0.29) is 11.9 Å². The number of nitrogens with zero attached hydrogens (tertiary/aromatic N) is 3. The molecular formula is C16H21N3O2. The van der Waals surface area contributed by atoms with Gasteiger partial charge in [0.2, 0.25) is 0 Å². The molecule has 3 rings (SSSR count). The molecule has 3 heterocycles. The van der Waals surface area contributed by atoms with Crippen LogP contribution in [0.15, 0.2) is 22.9 Å². The van der Waals surface area contributed by atoms with Crippen LogP contribution < -0.4 is 0 Å². The minimum atomic E-state index is 0.0308. The Kier molecular flexibility index (Phi) is 3.57. The molecular weight excluding hydrogens is 266 g/mol. The van der Waals surface area contributed by atoms with Gasteiger partial charge in [0, 0.05) is 31.5 Å². The van der Waals surface area contributed by atoms with Crippen LogP contribution in [0.5, 0.6) is 0 Å². The fourth-order valence-electron chi connectivity index (χ4n) is 3.01. The molecule has 0 aromatic carbocycles. The van der Waals surface area contributed by atoms with Gasteiger partial charge >= 0.3 is 0 Å². The van der Waals surface area contributed by atoms with E-state index in [0.717, 1.165) is 48.5 Å². The molecule has 2 aromatic heterocycles. The van der Waals surface area contributed by atoms with Crippen LogP contribution in [-0.2, 0) is 7.05 Å². The molecule has 1 aliphatic heterocycles. The van der Waals surface area contributed by atoms with Gasteiger partial charge in [-0.2, -0.15) is 0 Å². The second-order valence-corrected chi connectivity index (χ2v) is 5.80. The summed E-state index contributed by atoms with van der Waals surface area (Å²) in [6, 6.07) is 3.87. The third-order valence-electron chi connectivity index (χ3n) is 4.37. The van der Waals surface area contributed by atoms with Gasteiger partial charge in [-0.05, 0) is 39.2 Å². The molecule has 0 radical (unpaired) electrons. The van der Waals surface area contributed by atoms with Gasteiger partial charge in [-0.1, -0.05) is 5.16 Å². The summed E-state index contributed by atoms with van der Waals surface area (Å²) in [5.74, 6) is 0.886. The highest BCUT2D eigenvalue weighted by Crippen LogP contribution is 2.32. The lowest BCUT2D eigenvalue weighted by atomic mass is 9.98.